The second kappa shape index (κ2) is 12.2. The monoisotopic (exact) mass is 432 g/mol. The molecular weight excluding hydrogens is 384 g/mol. The van der Waals surface area contributed by atoms with Gasteiger partial charge in [0.2, 0.25) is 0 Å². The van der Waals surface area contributed by atoms with Gasteiger partial charge in [-0.25, -0.2) is 0 Å². The largest absolute Gasteiger partial charge is 0.0917 e. The van der Waals surface area contributed by atoms with Crippen molar-refractivity contribution in [3.05, 3.63) is 59.7 Å². The summed E-state index contributed by atoms with van der Waals surface area (Å²) in [7, 11) is 0. The second-order valence-corrected chi connectivity index (χ2v) is 11.4. The molecule has 0 aromatic heterocycles. The van der Waals surface area contributed by atoms with Gasteiger partial charge in [-0.2, -0.15) is 0 Å². The maximum absolute atomic E-state index is 2.44. The fraction of sp³-hybridized carbons (Fsp3) is 0.688. The standard InChI is InChI=1S/C32H48/c1-3-5-7-9-25-11-14-27(15-12-25)28-17-19-29(20-18-28)31-22-21-30-23-26(10-8-6-4-2)13-16-32(30)24-31/h3-6,11-12,14-15,26,28-32H,7-10,13,16-24H2,1-2H3/b5-3+,6-4+. The molecule has 1 aromatic rings. The quantitative estimate of drug-likeness (QED) is 0.359. The average molecular weight is 433 g/mol. The fourth-order valence-corrected chi connectivity index (χ4v) is 7.51. The van der Waals surface area contributed by atoms with Crippen molar-refractivity contribution in [2.45, 2.75) is 110 Å². The maximum Gasteiger partial charge on any atom is -0.0162 e. The predicted molar refractivity (Wildman–Crippen MR) is 140 cm³/mol. The molecule has 176 valence electrons. The average Bonchev–Trinajstić information content (AvgIpc) is 2.85. The number of hydrogen-bond donors (Lipinski definition) is 0. The number of hydrogen-bond acceptors (Lipinski definition) is 0. The van der Waals surface area contributed by atoms with Gasteiger partial charge in [-0.05, 0) is 144 Å². The van der Waals surface area contributed by atoms with Crippen molar-refractivity contribution in [1.82, 2.24) is 0 Å². The van der Waals surface area contributed by atoms with Gasteiger partial charge in [0.25, 0.3) is 0 Å². The summed E-state index contributed by atoms with van der Waals surface area (Å²) < 4.78 is 0. The van der Waals surface area contributed by atoms with E-state index in [4.69, 9.17) is 0 Å². The Morgan fingerprint density at radius 3 is 1.97 bits per heavy atom. The van der Waals surface area contributed by atoms with Crippen molar-refractivity contribution in [3.63, 3.8) is 0 Å². The first kappa shape index (κ1) is 23.8. The van der Waals surface area contributed by atoms with Crippen LogP contribution < -0.4 is 0 Å². The van der Waals surface area contributed by atoms with Gasteiger partial charge in [-0.3, -0.25) is 0 Å². The minimum Gasteiger partial charge on any atom is -0.0917 e. The minimum atomic E-state index is 0.819. The van der Waals surface area contributed by atoms with Crippen LogP contribution in [0, 0.1) is 29.6 Å². The van der Waals surface area contributed by atoms with Crippen LogP contribution in [0.2, 0.25) is 0 Å². The smallest absolute Gasteiger partial charge is 0.0162 e. The van der Waals surface area contributed by atoms with Gasteiger partial charge in [-0.15, -0.1) is 0 Å². The fourth-order valence-electron chi connectivity index (χ4n) is 7.51. The van der Waals surface area contributed by atoms with Crippen LogP contribution in [-0.2, 0) is 6.42 Å². The number of rotatable bonds is 8. The van der Waals surface area contributed by atoms with E-state index in [-0.39, 0.29) is 0 Å². The number of fused-ring (bicyclic) bond motifs is 1. The van der Waals surface area contributed by atoms with Crippen LogP contribution >= 0.6 is 0 Å². The third kappa shape index (κ3) is 6.39. The maximum atomic E-state index is 2.44. The van der Waals surface area contributed by atoms with Crippen LogP contribution in [0.3, 0.4) is 0 Å². The van der Waals surface area contributed by atoms with E-state index in [9.17, 15) is 0 Å². The Bertz CT molecular complexity index is 715. The molecule has 0 aliphatic heterocycles. The van der Waals surface area contributed by atoms with Gasteiger partial charge in [0.15, 0.2) is 0 Å². The third-order valence-electron chi connectivity index (χ3n) is 9.46. The molecule has 32 heavy (non-hydrogen) atoms. The summed E-state index contributed by atoms with van der Waals surface area (Å²) in [4.78, 5) is 0. The molecule has 4 atom stereocenters. The molecule has 0 saturated heterocycles. The molecule has 0 N–H and O–H groups in total. The summed E-state index contributed by atoms with van der Waals surface area (Å²) in [6.45, 7) is 4.28. The molecule has 0 spiro atoms. The van der Waals surface area contributed by atoms with E-state index < -0.39 is 0 Å². The SMILES string of the molecule is C/C=C/CCc1ccc(C2CCC(C3CCC4CC(CC/C=C/C)CCC4C3)CC2)cc1. The van der Waals surface area contributed by atoms with Gasteiger partial charge in [0.05, 0.1) is 0 Å². The predicted octanol–water partition coefficient (Wildman–Crippen LogP) is 9.66. The lowest BCUT2D eigenvalue weighted by Gasteiger charge is -2.45. The molecule has 3 fully saturated rings. The molecule has 4 rings (SSSR count). The van der Waals surface area contributed by atoms with E-state index in [1.165, 1.54) is 69.8 Å². The molecule has 0 nitrogen and oxygen atoms in total. The first-order chi connectivity index (χ1) is 15.8. The van der Waals surface area contributed by atoms with E-state index in [1.54, 1.807) is 31.2 Å². The van der Waals surface area contributed by atoms with Gasteiger partial charge < -0.3 is 0 Å². The molecule has 0 heterocycles. The number of allylic oxidation sites excluding steroid dienone is 4. The molecule has 1 aromatic carbocycles. The van der Waals surface area contributed by atoms with Crippen LogP contribution in [0.15, 0.2) is 48.6 Å². The lowest BCUT2D eigenvalue weighted by atomic mass is 9.60. The lowest BCUT2D eigenvalue weighted by molar-refractivity contribution is 0.0621. The Morgan fingerprint density at radius 2 is 1.25 bits per heavy atom. The van der Waals surface area contributed by atoms with Crippen molar-refractivity contribution < 1.29 is 0 Å². The molecule has 3 aliphatic carbocycles. The summed E-state index contributed by atoms with van der Waals surface area (Å²) in [5.41, 5.74) is 3.10. The van der Waals surface area contributed by atoms with Gasteiger partial charge in [-0.1, -0.05) is 55.0 Å². The normalized spacial score (nSPS) is 33.6. The van der Waals surface area contributed by atoms with Gasteiger partial charge in [0, 0.05) is 0 Å². The molecule has 0 bridgehead atoms. The zero-order chi connectivity index (χ0) is 22.2. The highest BCUT2D eigenvalue weighted by molar-refractivity contribution is 5.26. The van der Waals surface area contributed by atoms with Crippen molar-refractivity contribution in [1.29, 1.82) is 0 Å². The van der Waals surface area contributed by atoms with E-state index >= 15 is 0 Å². The highest BCUT2D eigenvalue weighted by Gasteiger charge is 2.38. The highest BCUT2D eigenvalue weighted by Crippen LogP contribution is 2.50. The summed E-state index contributed by atoms with van der Waals surface area (Å²) in [6, 6.07) is 9.66. The van der Waals surface area contributed by atoms with Crippen molar-refractivity contribution in [3.8, 4) is 0 Å². The summed E-state index contributed by atoms with van der Waals surface area (Å²) in [5.74, 6) is 6.05. The van der Waals surface area contributed by atoms with E-state index in [0.29, 0.717) is 0 Å². The minimum absolute atomic E-state index is 0.819. The summed E-state index contributed by atoms with van der Waals surface area (Å²) >= 11 is 0. The first-order valence-corrected chi connectivity index (χ1v) is 14.1. The second-order valence-electron chi connectivity index (χ2n) is 11.4. The topological polar surface area (TPSA) is 0 Å². The molecule has 0 heteroatoms. The van der Waals surface area contributed by atoms with Gasteiger partial charge in [0.1, 0.15) is 0 Å². The van der Waals surface area contributed by atoms with Crippen LogP contribution in [0.25, 0.3) is 0 Å². The van der Waals surface area contributed by atoms with Crippen LogP contribution in [0.1, 0.15) is 114 Å². The molecule has 3 aliphatic rings. The van der Waals surface area contributed by atoms with Crippen LogP contribution in [0.4, 0.5) is 0 Å². The Hall–Kier alpha value is -1.30. The molecule has 4 unspecified atom stereocenters. The Morgan fingerprint density at radius 1 is 0.656 bits per heavy atom. The molecule has 0 radical (unpaired) electrons. The molecule has 0 amide bonds. The highest BCUT2D eigenvalue weighted by atomic mass is 14.4. The zero-order valence-corrected chi connectivity index (χ0v) is 21.0. The molecule has 3 saturated carbocycles. The number of aryl methyl sites for hydroxylation is 1. The Labute approximate surface area is 199 Å². The van der Waals surface area contributed by atoms with E-state index in [2.05, 4.69) is 62.4 Å². The van der Waals surface area contributed by atoms with Crippen LogP contribution in [0.5, 0.6) is 0 Å². The summed E-state index contributed by atoms with van der Waals surface area (Å²) in [5, 5.41) is 0. The molecular formula is C32H48. The summed E-state index contributed by atoms with van der Waals surface area (Å²) in [6.07, 6.45) is 29.2. The zero-order valence-electron chi connectivity index (χ0n) is 21.0. The van der Waals surface area contributed by atoms with Crippen molar-refractivity contribution in [2.24, 2.45) is 29.6 Å². The Kier molecular flexibility index (Phi) is 9.12. The van der Waals surface area contributed by atoms with E-state index in [0.717, 1.165) is 35.5 Å². The van der Waals surface area contributed by atoms with Crippen molar-refractivity contribution in [2.75, 3.05) is 0 Å². The third-order valence-corrected chi connectivity index (χ3v) is 9.46. The van der Waals surface area contributed by atoms with Gasteiger partial charge >= 0.3 is 0 Å². The lowest BCUT2D eigenvalue weighted by Crippen LogP contribution is -2.34. The number of benzene rings is 1. The van der Waals surface area contributed by atoms with Crippen LogP contribution in [-0.4, -0.2) is 0 Å². The Balaban J connectivity index is 1.21. The van der Waals surface area contributed by atoms with Crippen molar-refractivity contribution >= 4 is 0 Å². The van der Waals surface area contributed by atoms with E-state index in [1.807, 2.05) is 0 Å². The first-order valence-electron chi connectivity index (χ1n) is 14.1.